The molecule has 1 aliphatic rings. The van der Waals surface area contributed by atoms with Gasteiger partial charge in [-0.15, -0.1) is 12.4 Å². The van der Waals surface area contributed by atoms with Gasteiger partial charge in [0.2, 0.25) is 10.0 Å². The molecule has 2 rings (SSSR count). The minimum absolute atomic E-state index is 0. The second-order valence-electron chi connectivity index (χ2n) is 4.70. The van der Waals surface area contributed by atoms with Gasteiger partial charge in [-0.25, -0.2) is 8.42 Å². The number of sulfonamides is 1. The van der Waals surface area contributed by atoms with E-state index in [9.17, 15) is 8.42 Å². The van der Waals surface area contributed by atoms with Crippen LogP contribution in [0.1, 0.15) is 30.7 Å². The summed E-state index contributed by atoms with van der Waals surface area (Å²) in [5.74, 6) is 0. The quantitative estimate of drug-likeness (QED) is 0.913. The van der Waals surface area contributed by atoms with Crippen LogP contribution in [0.2, 0.25) is 0 Å². The Bertz CT molecular complexity index is 495. The van der Waals surface area contributed by atoms with E-state index in [-0.39, 0.29) is 18.4 Å². The van der Waals surface area contributed by atoms with Gasteiger partial charge in [0.15, 0.2) is 0 Å². The molecule has 1 aliphatic heterocycles. The number of hydrogen-bond donors (Lipinski definition) is 1. The lowest BCUT2D eigenvalue weighted by atomic mass is 10.1. The average Bonchev–Trinajstić information content (AvgIpc) is 2.39. The van der Waals surface area contributed by atoms with E-state index in [0.29, 0.717) is 18.8 Å². The molecule has 19 heavy (non-hydrogen) atoms. The molecular weight excluding hydrogens is 286 g/mol. The molecule has 0 bridgehead atoms. The maximum absolute atomic E-state index is 12.5. The number of pyridine rings is 1. The molecule has 1 saturated heterocycles. The van der Waals surface area contributed by atoms with E-state index in [2.05, 4.69) is 4.98 Å². The summed E-state index contributed by atoms with van der Waals surface area (Å²) in [6.45, 7) is 2.66. The molecule has 2 unspecified atom stereocenters. The molecule has 5 nitrogen and oxygen atoms in total. The zero-order valence-electron chi connectivity index (χ0n) is 10.9. The highest BCUT2D eigenvalue weighted by Gasteiger charge is 2.33. The molecule has 0 spiro atoms. The Kier molecular flexibility index (Phi) is 5.73. The standard InChI is InChI=1S/C12H19N3O2S.ClH/c1-10(12-6-2-3-7-14-12)18(16,17)15-8-4-5-11(13)9-15;/h2-3,6-7,10-11H,4-5,8-9,13H2,1H3;1H. The first-order chi connectivity index (χ1) is 8.51. The van der Waals surface area contributed by atoms with E-state index < -0.39 is 15.3 Å². The second-order valence-corrected chi connectivity index (χ2v) is 6.96. The number of nitrogens with zero attached hydrogens (tertiary/aromatic N) is 2. The predicted molar refractivity (Wildman–Crippen MR) is 77.6 cm³/mol. The van der Waals surface area contributed by atoms with Gasteiger partial charge in [0, 0.05) is 25.3 Å². The zero-order valence-corrected chi connectivity index (χ0v) is 12.5. The van der Waals surface area contributed by atoms with E-state index in [1.54, 1.807) is 31.3 Å². The van der Waals surface area contributed by atoms with Crippen LogP contribution in [0.15, 0.2) is 24.4 Å². The Labute approximate surface area is 120 Å². The van der Waals surface area contributed by atoms with E-state index >= 15 is 0 Å². The van der Waals surface area contributed by atoms with Crippen molar-refractivity contribution in [2.45, 2.75) is 31.1 Å². The van der Waals surface area contributed by atoms with Gasteiger partial charge < -0.3 is 5.73 Å². The van der Waals surface area contributed by atoms with E-state index in [1.165, 1.54) is 4.31 Å². The van der Waals surface area contributed by atoms with Gasteiger partial charge in [-0.3, -0.25) is 4.98 Å². The van der Waals surface area contributed by atoms with Crippen LogP contribution < -0.4 is 5.73 Å². The van der Waals surface area contributed by atoms with Gasteiger partial charge in [-0.05, 0) is 31.9 Å². The van der Waals surface area contributed by atoms with Crippen LogP contribution in [0.3, 0.4) is 0 Å². The zero-order chi connectivity index (χ0) is 13.2. The van der Waals surface area contributed by atoms with Crippen molar-refractivity contribution in [3.05, 3.63) is 30.1 Å². The van der Waals surface area contributed by atoms with Crippen LogP contribution in [0.25, 0.3) is 0 Å². The Hall–Kier alpha value is -0.690. The van der Waals surface area contributed by atoms with Gasteiger partial charge in [0.1, 0.15) is 5.25 Å². The summed E-state index contributed by atoms with van der Waals surface area (Å²) in [6, 6.07) is 5.27. The van der Waals surface area contributed by atoms with Crippen LogP contribution in [0.5, 0.6) is 0 Å². The highest BCUT2D eigenvalue weighted by Crippen LogP contribution is 2.25. The lowest BCUT2D eigenvalue weighted by Crippen LogP contribution is -2.46. The Morgan fingerprint density at radius 1 is 1.47 bits per heavy atom. The second kappa shape index (κ2) is 6.65. The summed E-state index contributed by atoms with van der Waals surface area (Å²) in [6.07, 6.45) is 3.34. The summed E-state index contributed by atoms with van der Waals surface area (Å²) in [4.78, 5) is 4.12. The summed E-state index contributed by atoms with van der Waals surface area (Å²) in [7, 11) is -3.36. The predicted octanol–water partition coefficient (Wildman–Crippen LogP) is 1.32. The molecule has 2 atom stereocenters. The molecule has 7 heteroatoms. The monoisotopic (exact) mass is 305 g/mol. The van der Waals surface area contributed by atoms with Crippen molar-refractivity contribution >= 4 is 22.4 Å². The highest BCUT2D eigenvalue weighted by molar-refractivity contribution is 7.89. The maximum atomic E-state index is 12.5. The Morgan fingerprint density at radius 2 is 2.21 bits per heavy atom. The molecule has 0 radical (unpaired) electrons. The third kappa shape index (κ3) is 3.66. The molecular formula is C12H20ClN3O2S. The first kappa shape index (κ1) is 16.4. The third-order valence-electron chi connectivity index (χ3n) is 3.33. The first-order valence-electron chi connectivity index (χ1n) is 6.17. The third-order valence-corrected chi connectivity index (χ3v) is 5.52. The number of rotatable bonds is 3. The molecule has 0 aromatic carbocycles. The largest absolute Gasteiger partial charge is 0.327 e. The number of piperidine rings is 1. The Morgan fingerprint density at radius 3 is 2.79 bits per heavy atom. The molecule has 0 aliphatic carbocycles. The van der Waals surface area contributed by atoms with Crippen molar-refractivity contribution in [2.24, 2.45) is 5.73 Å². The fourth-order valence-electron chi connectivity index (χ4n) is 2.20. The molecule has 1 fully saturated rings. The molecule has 108 valence electrons. The summed E-state index contributed by atoms with van der Waals surface area (Å²) >= 11 is 0. The molecule has 2 heterocycles. The van der Waals surface area contributed by atoms with Gasteiger partial charge in [0.05, 0.1) is 5.69 Å². The highest BCUT2D eigenvalue weighted by atomic mass is 35.5. The lowest BCUT2D eigenvalue weighted by molar-refractivity contribution is 0.313. The van der Waals surface area contributed by atoms with Crippen molar-refractivity contribution in [1.29, 1.82) is 0 Å². The van der Waals surface area contributed by atoms with Crippen molar-refractivity contribution in [3.63, 3.8) is 0 Å². The lowest BCUT2D eigenvalue weighted by Gasteiger charge is -2.31. The Balaban J connectivity index is 0.00000180. The average molecular weight is 306 g/mol. The minimum Gasteiger partial charge on any atom is -0.327 e. The van der Waals surface area contributed by atoms with Crippen molar-refractivity contribution in [3.8, 4) is 0 Å². The summed E-state index contributed by atoms with van der Waals surface area (Å²) in [5, 5.41) is -0.621. The topological polar surface area (TPSA) is 76.3 Å². The summed E-state index contributed by atoms with van der Waals surface area (Å²) < 4.78 is 26.4. The van der Waals surface area contributed by atoms with Crippen LogP contribution in [-0.2, 0) is 10.0 Å². The smallest absolute Gasteiger partial charge is 0.222 e. The summed E-state index contributed by atoms with van der Waals surface area (Å²) in [5.41, 5.74) is 6.42. The van der Waals surface area contributed by atoms with Crippen LogP contribution >= 0.6 is 12.4 Å². The molecule has 1 aromatic heterocycles. The van der Waals surface area contributed by atoms with Gasteiger partial charge >= 0.3 is 0 Å². The van der Waals surface area contributed by atoms with Crippen molar-refractivity contribution in [1.82, 2.24) is 9.29 Å². The fraction of sp³-hybridized carbons (Fsp3) is 0.583. The fourth-order valence-corrected chi connectivity index (χ4v) is 3.87. The first-order valence-corrected chi connectivity index (χ1v) is 7.67. The van der Waals surface area contributed by atoms with Gasteiger partial charge in [0.25, 0.3) is 0 Å². The van der Waals surface area contributed by atoms with Crippen LogP contribution in [-0.4, -0.2) is 36.8 Å². The van der Waals surface area contributed by atoms with Gasteiger partial charge in [-0.2, -0.15) is 4.31 Å². The van der Waals surface area contributed by atoms with E-state index in [4.69, 9.17) is 5.73 Å². The van der Waals surface area contributed by atoms with Crippen molar-refractivity contribution in [2.75, 3.05) is 13.1 Å². The van der Waals surface area contributed by atoms with Gasteiger partial charge in [-0.1, -0.05) is 6.07 Å². The molecule has 1 aromatic rings. The molecule has 0 saturated carbocycles. The normalized spacial score (nSPS) is 22.5. The maximum Gasteiger partial charge on any atom is 0.222 e. The van der Waals surface area contributed by atoms with E-state index in [0.717, 1.165) is 12.8 Å². The SMILES string of the molecule is CC(c1ccccn1)S(=O)(=O)N1CCCC(N)C1.Cl. The minimum atomic E-state index is -3.36. The van der Waals surface area contributed by atoms with Crippen molar-refractivity contribution < 1.29 is 8.42 Å². The molecule has 0 amide bonds. The number of nitrogens with two attached hydrogens (primary N) is 1. The number of halogens is 1. The molecule has 2 N–H and O–H groups in total. The van der Waals surface area contributed by atoms with Crippen LogP contribution in [0.4, 0.5) is 0 Å². The number of aromatic nitrogens is 1. The van der Waals surface area contributed by atoms with E-state index in [1.807, 2.05) is 0 Å². The van der Waals surface area contributed by atoms with Crippen LogP contribution in [0, 0.1) is 0 Å². The number of hydrogen-bond acceptors (Lipinski definition) is 4.